The zero-order valence-electron chi connectivity index (χ0n) is 11.6. The molecule has 0 aliphatic carbocycles. The second-order valence-corrected chi connectivity index (χ2v) is 6.43. The Morgan fingerprint density at radius 2 is 2.15 bits per heavy atom. The monoisotopic (exact) mass is 303 g/mol. The lowest BCUT2D eigenvalue weighted by Crippen LogP contribution is -2.38. The van der Waals surface area contributed by atoms with Crippen LogP contribution in [-0.2, 0) is 21.8 Å². The lowest BCUT2D eigenvalue weighted by Gasteiger charge is -2.26. The first-order valence-corrected chi connectivity index (χ1v) is 8.05. The van der Waals surface area contributed by atoms with Gasteiger partial charge in [-0.3, -0.25) is 4.90 Å². The van der Waals surface area contributed by atoms with Crippen LogP contribution < -0.4 is 10.5 Å². The highest BCUT2D eigenvalue weighted by Gasteiger charge is 2.21. The lowest BCUT2D eigenvalue weighted by molar-refractivity contribution is 0.0376. The van der Waals surface area contributed by atoms with Gasteiger partial charge in [-0.25, -0.2) is 18.1 Å². The van der Waals surface area contributed by atoms with Crippen molar-refractivity contribution in [1.29, 1.82) is 0 Å². The molecule has 1 aromatic heterocycles. The third-order valence-electron chi connectivity index (χ3n) is 3.21. The van der Waals surface area contributed by atoms with E-state index in [0.29, 0.717) is 6.54 Å². The van der Waals surface area contributed by atoms with Crippen LogP contribution in [0.4, 0.5) is 5.82 Å². The fourth-order valence-corrected chi connectivity index (χ4v) is 3.47. The van der Waals surface area contributed by atoms with Crippen LogP contribution in [0.25, 0.3) is 0 Å². The van der Waals surface area contributed by atoms with E-state index in [1.807, 2.05) is 0 Å². The van der Waals surface area contributed by atoms with Crippen molar-refractivity contribution in [2.75, 3.05) is 45.1 Å². The number of hydrogen-bond acceptors (Lipinski definition) is 6. The standard InChI is InChI=1S/C11H21N5O3S/c1-15-9-13-10(12)11(15)20(17,18)14-3-2-4-16-5-7-19-8-6-16/h9,14H,2-8,12H2,1H3. The third-order valence-corrected chi connectivity index (χ3v) is 4.80. The molecule has 0 radical (unpaired) electrons. The fraction of sp³-hybridized carbons (Fsp3) is 0.727. The molecule has 0 spiro atoms. The Hall–Kier alpha value is -1.16. The molecular formula is C11H21N5O3S. The van der Waals surface area contributed by atoms with Gasteiger partial charge in [0.15, 0.2) is 10.8 Å². The Labute approximate surface area is 119 Å². The number of aromatic nitrogens is 2. The Balaban J connectivity index is 1.81. The number of hydrogen-bond donors (Lipinski definition) is 2. The van der Waals surface area contributed by atoms with E-state index in [1.165, 1.54) is 10.9 Å². The Morgan fingerprint density at radius 3 is 2.75 bits per heavy atom. The summed E-state index contributed by atoms with van der Waals surface area (Å²) in [5.41, 5.74) is 5.58. The zero-order chi connectivity index (χ0) is 14.6. The number of nitrogen functional groups attached to an aromatic ring is 1. The predicted octanol–water partition coefficient (Wildman–Crippen LogP) is -0.997. The van der Waals surface area contributed by atoms with E-state index >= 15 is 0 Å². The molecule has 1 aromatic rings. The smallest absolute Gasteiger partial charge is 0.260 e. The summed E-state index contributed by atoms with van der Waals surface area (Å²) >= 11 is 0. The van der Waals surface area contributed by atoms with Crippen molar-refractivity contribution in [2.45, 2.75) is 11.4 Å². The van der Waals surface area contributed by atoms with E-state index in [1.54, 1.807) is 7.05 Å². The van der Waals surface area contributed by atoms with E-state index in [9.17, 15) is 8.42 Å². The Morgan fingerprint density at radius 1 is 1.45 bits per heavy atom. The van der Waals surface area contributed by atoms with Crippen molar-refractivity contribution in [3.8, 4) is 0 Å². The molecular weight excluding hydrogens is 282 g/mol. The van der Waals surface area contributed by atoms with Gasteiger partial charge in [-0.1, -0.05) is 0 Å². The van der Waals surface area contributed by atoms with Crippen molar-refractivity contribution in [3.63, 3.8) is 0 Å². The van der Waals surface area contributed by atoms with Crippen LogP contribution in [0.2, 0.25) is 0 Å². The molecule has 9 heteroatoms. The Kier molecular flexibility index (Phi) is 4.97. The van der Waals surface area contributed by atoms with E-state index in [2.05, 4.69) is 14.6 Å². The molecule has 20 heavy (non-hydrogen) atoms. The molecule has 1 aliphatic heterocycles. The first-order valence-electron chi connectivity index (χ1n) is 6.57. The molecule has 0 unspecified atom stereocenters. The average molecular weight is 303 g/mol. The lowest BCUT2D eigenvalue weighted by atomic mass is 10.3. The normalized spacial score (nSPS) is 17.4. The molecule has 1 aliphatic rings. The first kappa shape index (κ1) is 15.2. The van der Waals surface area contributed by atoms with E-state index in [4.69, 9.17) is 10.5 Å². The number of anilines is 1. The Bertz CT molecular complexity index is 517. The molecule has 0 saturated carbocycles. The molecule has 0 amide bonds. The zero-order valence-corrected chi connectivity index (χ0v) is 12.4. The van der Waals surface area contributed by atoms with Crippen LogP contribution in [0.5, 0.6) is 0 Å². The van der Waals surface area contributed by atoms with Gasteiger partial charge in [0.25, 0.3) is 10.0 Å². The van der Waals surface area contributed by atoms with Gasteiger partial charge in [-0.15, -0.1) is 0 Å². The van der Waals surface area contributed by atoms with E-state index in [-0.39, 0.29) is 10.8 Å². The van der Waals surface area contributed by atoms with Gasteiger partial charge in [0.1, 0.15) is 0 Å². The summed E-state index contributed by atoms with van der Waals surface area (Å²) in [6, 6.07) is 0. The number of sulfonamides is 1. The molecule has 2 heterocycles. The number of aryl methyl sites for hydroxylation is 1. The molecule has 0 aromatic carbocycles. The second-order valence-electron chi connectivity index (χ2n) is 4.75. The van der Waals surface area contributed by atoms with Gasteiger partial charge in [-0.2, -0.15) is 0 Å². The topological polar surface area (TPSA) is 102 Å². The third kappa shape index (κ3) is 3.69. The number of ether oxygens (including phenoxy) is 1. The van der Waals surface area contributed by atoms with Gasteiger partial charge in [0.05, 0.1) is 19.5 Å². The minimum Gasteiger partial charge on any atom is -0.381 e. The van der Waals surface area contributed by atoms with Crippen molar-refractivity contribution in [2.24, 2.45) is 7.05 Å². The highest BCUT2D eigenvalue weighted by Crippen LogP contribution is 2.14. The van der Waals surface area contributed by atoms with Gasteiger partial charge in [0, 0.05) is 26.7 Å². The summed E-state index contributed by atoms with van der Waals surface area (Å²) in [5.74, 6) is 0.0215. The van der Waals surface area contributed by atoms with Crippen LogP contribution in [0.3, 0.4) is 0 Å². The number of nitrogens with one attached hydrogen (secondary N) is 1. The minimum atomic E-state index is -3.60. The SMILES string of the molecule is Cn1cnc(N)c1S(=O)(=O)NCCCN1CCOCC1. The summed E-state index contributed by atoms with van der Waals surface area (Å²) in [6.45, 7) is 4.54. The number of rotatable bonds is 6. The summed E-state index contributed by atoms with van der Waals surface area (Å²) in [4.78, 5) is 6.04. The number of morpholine rings is 1. The van der Waals surface area contributed by atoms with E-state index in [0.717, 1.165) is 39.3 Å². The molecule has 3 N–H and O–H groups in total. The van der Waals surface area contributed by atoms with Crippen LogP contribution >= 0.6 is 0 Å². The highest BCUT2D eigenvalue weighted by molar-refractivity contribution is 7.89. The molecule has 114 valence electrons. The van der Waals surface area contributed by atoms with E-state index < -0.39 is 10.0 Å². The maximum absolute atomic E-state index is 12.1. The number of nitrogens with two attached hydrogens (primary N) is 1. The number of imidazole rings is 1. The molecule has 2 rings (SSSR count). The van der Waals surface area contributed by atoms with Crippen LogP contribution in [0, 0.1) is 0 Å². The minimum absolute atomic E-state index is 0.0175. The highest BCUT2D eigenvalue weighted by atomic mass is 32.2. The molecule has 0 atom stereocenters. The molecule has 1 saturated heterocycles. The summed E-state index contributed by atoms with van der Waals surface area (Å²) in [5, 5.41) is 0.0175. The van der Waals surface area contributed by atoms with Crippen molar-refractivity contribution in [3.05, 3.63) is 6.33 Å². The van der Waals surface area contributed by atoms with Gasteiger partial charge < -0.3 is 15.0 Å². The molecule has 1 fully saturated rings. The quantitative estimate of drug-likeness (QED) is 0.654. The van der Waals surface area contributed by atoms with Gasteiger partial charge in [0.2, 0.25) is 0 Å². The average Bonchev–Trinajstić information content (AvgIpc) is 2.76. The van der Waals surface area contributed by atoms with Gasteiger partial charge >= 0.3 is 0 Å². The number of nitrogens with zero attached hydrogens (tertiary/aromatic N) is 3. The molecule has 8 nitrogen and oxygen atoms in total. The summed E-state index contributed by atoms with van der Waals surface area (Å²) in [7, 11) is -2.00. The van der Waals surface area contributed by atoms with Gasteiger partial charge in [-0.05, 0) is 13.0 Å². The predicted molar refractivity (Wildman–Crippen MR) is 74.7 cm³/mol. The van der Waals surface area contributed by atoms with Crippen LogP contribution in [0.15, 0.2) is 11.4 Å². The van der Waals surface area contributed by atoms with Crippen molar-refractivity contribution in [1.82, 2.24) is 19.2 Å². The largest absolute Gasteiger partial charge is 0.381 e. The van der Waals surface area contributed by atoms with Crippen molar-refractivity contribution < 1.29 is 13.2 Å². The summed E-state index contributed by atoms with van der Waals surface area (Å²) in [6.07, 6.45) is 2.13. The van der Waals surface area contributed by atoms with Crippen LogP contribution in [0.1, 0.15) is 6.42 Å². The summed E-state index contributed by atoms with van der Waals surface area (Å²) < 4.78 is 33.4. The fourth-order valence-electron chi connectivity index (χ4n) is 2.17. The van der Waals surface area contributed by atoms with Crippen molar-refractivity contribution >= 4 is 15.8 Å². The maximum atomic E-state index is 12.1. The second kappa shape index (κ2) is 6.53. The molecule has 0 bridgehead atoms. The maximum Gasteiger partial charge on any atom is 0.260 e. The first-order chi connectivity index (χ1) is 9.50. The van der Waals surface area contributed by atoms with Crippen LogP contribution in [-0.4, -0.2) is 62.3 Å².